The zero-order chi connectivity index (χ0) is 21.6. The lowest BCUT2D eigenvalue weighted by Gasteiger charge is -2.11. The largest absolute Gasteiger partial charge is 0.324 e. The summed E-state index contributed by atoms with van der Waals surface area (Å²) in [4.78, 5) is 29.8. The highest BCUT2D eigenvalue weighted by Crippen LogP contribution is 2.25. The minimum absolute atomic E-state index is 0.0119. The van der Waals surface area contributed by atoms with Crippen molar-refractivity contribution < 1.29 is 13.2 Å². The van der Waals surface area contributed by atoms with Gasteiger partial charge in [-0.15, -0.1) is 0 Å². The molecule has 0 spiro atoms. The summed E-state index contributed by atoms with van der Waals surface area (Å²) in [7, 11) is -3.09. The summed E-state index contributed by atoms with van der Waals surface area (Å²) in [6.45, 7) is -0.200. The zero-order valence-electron chi connectivity index (χ0n) is 16.4. The number of hydrogen-bond acceptors (Lipinski definition) is 6. The first-order valence-electron chi connectivity index (χ1n) is 9.82. The van der Waals surface area contributed by atoms with Gasteiger partial charge in [0.1, 0.15) is 18.3 Å². The van der Waals surface area contributed by atoms with Crippen LogP contribution < -0.4 is 10.9 Å². The van der Waals surface area contributed by atoms with Gasteiger partial charge in [0.25, 0.3) is 5.56 Å². The van der Waals surface area contributed by atoms with Gasteiger partial charge in [0.15, 0.2) is 15.5 Å². The molecule has 1 amide bonds. The molecule has 2 aromatic carbocycles. The minimum atomic E-state index is -3.09. The van der Waals surface area contributed by atoms with E-state index in [1.807, 2.05) is 42.5 Å². The Labute approximate surface area is 177 Å². The maximum atomic E-state index is 12.9. The van der Waals surface area contributed by atoms with Crippen molar-refractivity contribution in [3.8, 4) is 0 Å². The predicted molar refractivity (Wildman–Crippen MR) is 117 cm³/mol. The molecule has 31 heavy (non-hydrogen) atoms. The van der Waals surface area contributed by atoms with E-state index >= 15 is 0 Å². The number of nitrogens with one attached hydrogen (secondary N) is 1. The molecule has 1 N–H and O–H groups in total. The molecule has 0 aliphatic carbocycles. The van der Waals surface area contributed by atoms with Crippen LogP contribution in [-0.4, -0.2) is 45.2 Å². The first-order valence-corrected chi connectivity index (χ1v) is 11.6. The summed E-state index contributed by atoms with van der Waals surface area (Å²) >= 11 is 0. The summed E-state index contributed by atoms with van der Waals surface area (Å²) in [5.74, 6) is -0.263. The summed E-state index contributed by atoms with van der Waals surface area (Å²) in [5, 5.41) is 9.22. The summed E-state index contributed by atoms with van der Waals surface area (Å²) in [6, 6.07) is 13.0. The number of carbonyl (C=O) groups is 1. The van der Waals surface area contributed by atoms with Crippen molar-refractivity contribution in [1.82, 2.24) is 19.3 Å². The number of carbonyl (C=O) groups excluding carboxylic acids is 1. The summed E-state index contributed by atoms with van der Waals surface area (Å²) < 4.78 is 26.3. The average Bonchev–Trinajstić information content (AvgIpc) is 3.33. The van der Waals surface area contributed by atoms with Crippen LogP contribution in [0.25, 0.3) is 21.8 Å². The van der Waals surface area contributed by atoms with Crippen LogP contribution in [0.15, 0.2) is 59.8 Å². The van der Waals surface area contributed by atoms with Gasteiger partial charge in [-0.25, -0.2) is 18.1 Å². The van der Waals surface area contributed by atoms with Crippen molar-refractivity contribution in [2.24, 2.45) is 0 Å². The Morgan fingerprint density at radius 2 is 1.94 bits per heavy atom. The lowest BCUT2D eigenvalue weighted by atomic mass is 10.1. The van der Waals surface area contributed by atoms with Crippen molar-refractivity contribution in [3.05, 3.63) is 65.3 Å². The van der Waals surface area contributed by atoms with E-state index in [1.54, 1.807) is 0 Å². The Bertz CT molecular complexity index is 1480. The second kappa shape index (κ2) is 7.31. The quantitative estimate of drug-likeness (QED) is 0.520. The fourth-order valence-corrected chi connectivity index (χ4v) is 5.69. The van der Waals surface area contributed by atoms with Crippen LogP contribution in [0.3, 0.4) is 0 Å². The van der Waals surface area contributed by atoms with Crippen molar-refractivity contribution >= 4 is 43.2 Å². The summed E-state index contributed by atoms with van der Waals surface area (Å²) in [6.07, 6.45) is 3.13. The van der Waals surface area contributed by atoms with Gasteiger partial charge in [-0.3, -0.25) is 14.2 Å². The Morgan fingerprint density at radius 1 is 1.13 bits per heavy atom. The van der Waals surface area contributed by atoms with E-state index in [4.69, 9.17) is 0 Å². The third-order valence-electron chi connectivity index (χ3n) is 5.51. The Hall–Kier alpha value is -3.53. The van der Waals surface area contributed by atoms with E-state index in [1.165, 1.54) is 21.8 Å². The van der Waals surface area contributed by atoms with E-state index in [0.29, 0.717) is 17.8 Å². The molecule has 0 saturated carbocycles. The van der Waals surface area contributed by atoms with Crippen LogP contribution in [0.4, 0.5) is 5.69 Å². The zero-order valence-corrected chi connectivity index (χ0v) is 17.2. The van der Waals surface area contributed by atoms with Gasteiger partial charge in [0, 0.05) is 11.1 Å². The predicted octanol–water partition coefficient (Wildman–Crippen LogP) is 1.74. The van der Waals surface area contributed by atoms with Gasteiger partial charge in [-0.1, -0.05) is 36.4 Å². The molecule has 9 nitrogen and oxygen atoms in total. The SMILES string of the molecule is O=C(Cn1cnc2c(cnn2C2CCS(=O)(=O)C2)c1=O)Nc1cccc2ccccc12. The first kappa shape index (κ1) is 19.4. The normalized spacial score (nSPS) is 17.9. The van der Waals surface area contributed by atoms with Gasteiger partial charge in [0.05, 0.1) is 23.7 Å². The fraction of sp³-hybridized carbons (Fsp3) is 0.238. The molecule has 10 heteroatoms. The molecule has 1 saturated heterocycles. The number of anilines is 1. The second-order valence-electron chi connectivity index (χ2n) is 7.64. The third-order valence-corrected chi connectivity index (χ3v) is 7.26. The summed E-state index contributed by atoms with van der Waals surface area (Å²) in [5.41, 5.74) is 0.600. The number of amides is 1. The monoisotopic (exact) mass is 437 g/mol. The maximum absolute atomic E-state index is 12.9. The topological polar surface area (TPSA) is 116 Å². The lowest BCUT2D eigenvalue weighted by Crippen LogP contribution is -2.28. The van der Waals surface area contributed by atoms with E-state index < -0.39 is 15.4 Å². The fourth-order valence-electron chi connectivity index (χ4n) is 3.99. The highest BCUT2D eigenvalue weighted by atomic mass is 32.2. The Kier molecular flexibility index (Phi) is 4.58. The number of sulfone groups is 1. The molecule has 0 radical (unpaired) electrons. The van der Waals surface area contributed by atoms with Crippen LogP contribution in [0.1, 0.15) is 12.5 Å². The number of nitrogens with zero attached hydrogens (tertiary/aromatic N) is 4. The van der Waals surface area contributed by atoms with Gasteiger partial charge in [-0.2, -0.15) is 5.10 Å². The van der Waals surface area contributed by atoms with E-state index in [0.717, 1.165) is 10.8 Å². The van der Waals surface area contributed by atoms with E-state index in [-0.39, 0.29) is 35.4 Å². The molecule has 2 aromatic heterocycles. The maximum Gasteiger partial charge on any atom is 0.264 e. The molecule has 3 heterocycles. The highest BCUT2D eigenvalue weighted by Gasteiger charge is 2.31. The van der Waals surface area contributed by atoms with E-state index in [9.17, 15) is 18.0 Å². The molecule has 1 aliphatic rings. The smallest absolute Gasteiger partial charge is 0.264 e. The molecule has 4 aromatic rings. The van der Waals surface area contributed by atoms with Crippen LogP contribution in [0, 0.1) is 0 Å². The lowest BCUT2D eigenvalue weighted by molar-refractivity contribution is -0.116. The molecule has 1 atom stereocenters. The Balaban J connectivity index is 1.40. The molecular weight excluding hydrogens is 418 g/mol. The molecule has 1 unspecified atom stereocenters. The van der Waals surface area contributed by atoms with Crippen LogP contribution in [-0.2, 0) is 21.2 Å². The van der Waals surface area contributed by atoms with Crippen molar-refractivity contribution in [2.45, 2.75) is 19.0 Å². The highest BCUT2D eigenvalue weighted by molar-refractivity contribution is 7.91. The number of aromatic nitrogens is 4. The van der Waals surface area contributed by atoms with Gasteiger partial charge >= 0.3 is 0 Å². The first-order chi connectivity index (χ1) is 14.9. The second-order valence-corrected chi connectivity index (χ2v) is 9.86. The standard InChI is InChI=1S/C21H19N5O4S/c27-19(24-18-7-3-5-14-4-1-2-6-16(14)18)11-25-13-22-20-17(21(25)28)10-23-26(20)15-8-9-31(29,30)12-15/h1-7,10,13,15H,8-9,11-12H2,(H,24,27). The minimum Gasteiger partial charge on any atom is -0.324 e. The third kappa shape index (κ3) is 3.59. The molecule has 0 bridgehead atoms. The van der Waals surface area contributed by atoms with E-state index in [2.05, 4.69) is 15.4 Å². The number of rotatable bonds is 4. The van der Waals surface area contributed by atoms with Crippen LogP contribution in [0.2, 0.25) is 0 Å². The van der Waals surface area contributed by atoms with Gasteiger partial charge < -0.3 is 5.32 Å². The van der Waals surface area contributed by atoms with Crippen molar-refractivity contribution in [1.29, 1.82) is 0 Å². The molecule has 1 fully saturated rings. The van der Waals surface area contributed by atoms with Crippen LogP contribution in [0.5, 0.6) is 0 Å². The van der Waals surface area contributed by atoms with Gasteiger partial charge in [0.2, 0.25) is 5.91 Å². The van der Waals surface area contributed by atoms with Crippen molar-refractivity contribution in [3.63, 3.8) is 0 Å². The van der Waals surface area contributed by atoms with Crippen molar-refractivity contribution in [2.75, 3.05) is 16.8 Å². The number of hydrogen-bond donors (Lipinski definition) is 1. The van der Waals surface area contributed by atoms with Gasteiger partial charge in [-0.05, 0) is 17.9 Å². The molecule has 1 aliphatic heterocycles. The molecule has 5 rings (SSSR count). The molecular formula is C21H19N5O4S. The van der Waals surface area contributed by atoms with Crippen LogP contribution >= 0.6 is 0 Å². The molecule has 158 valence electrons. The number of benzene rings is 2. The number of fused-ring (bicyclic) bond motifs is 2. The average molecular weight is 437 g/mol. The Morgan fingerprint density at radius 3 is 2.74 bits per heavy atom.